The quantitative estimate of drug-likeness (QED) is 0.796. The monoisotopic (exact) mass is 310 g/mol. The lowest BCUT2D eigenvalue weighted by molar-refractivity contribution is -0.141. The Balaban J connectivity index is 1.97. The highest BCUT2D eigenvalue weighted by molar-refractivity contribution is 7.92. The van der Waals surface area contributed by atoms with E-state index in [2.05, 4.69) is 0 Å². The molecule has 0 spiro atoms. The highest BCUT2D eigenvalue weighted by Gasteiger charge is 2.20. The van der Waals surface area contributed by atoms with E-state index in [1.807, 2.05) is 24.4 Å². The van der Waals surface area contributed by atoms with Gasteiger partial charge >= 0.3 is 5.97 Å². The van der Waals surface area contributed by atoms with Gasteiger partial charge in [0.15, 0.2) is 15.6 Å². The standard InChI is InChI=1S/C14H14O4S2/c1-11-4-6-13(7-5-11)20(16,17)10-14(15)18-9-12-3-2-8-19-12/h2-8H,9-10H2,1H3. The number of ether oxygens (including phenoxy) is 1. The fraction of sp³-hybridized carbons (Fsp3) is 0.214. The third kappa shape index (κ3) is 3.91. The van der Waals surface area contributed by atoms with Crippen LogP contribution in [0.15, 0.2) is 46.7 Å². The number of hydrogen-bond acceptors (Lipinski definition) is 5. The van der Waals surface area contributed by atoms with Crippen LogP contribution >= 0.6 is 11.3 Å². The number of rotatable bonds is 5. The molecular formula is C14H14O4S2. The molecule has 0 bridgehead atoms. The van der Waals surface area contributed by atoms with E-state index in [9.17, 15) is 13.2 Å². The first-order chi connectivity index (χ1) is 9.47. The zero-order valence-corrected chi connectivity index (χ0v) is 12.5. The summed E-state index contributed by atoms with van der Waals surface area (Å²) in [6, 6.07) is 10.1. The molecule has 0 aliphatic carbocycles. The van der Waals surface area contributed by atoms with Gasteiger partial charge in [-0.25, -0.2) is 8.42 Å². The van der Waals surface area contributed by atoms with Gasteiger partial charge in [-0.05, 0) is 30.5 Å². The van der Waals surface area contributed by atoms with Crippen molar-refractivity contribution in [3.05, 3.63) is 52.2 Å². The molecule has 1 heterocycles. The van der Waals surface area contributed by atoms with Crippen molar-refractivity contribution < 1.29 is 17.9 Å². The first-order valence-electron chi connectivity index (χ1n) is 5.95. The predicted molar refractivity (Wildman–Crippen MR) is 77.3 cm³/mol. The molecule has 0 saturated heterocycles. The van der Waals surface area contributed by atoms with Gasteiger partial charge in [0.1, 0.15) is 6.61 Å². The second-order valence-electron chi connectivity index (χ2n) is 4.31. The van der Waals surface area contributed by atoms with Gasteiger partial charge in [-0.1, -0.05) is 23.8 Å². The molecular weight excluding hydrogens is 296 g/mol. The van der Waals surface area contributed by atoms with Gasteiger partial charge in [-0.2, -0.15) is 0 Å². The molecule has 0 amide bonds. The van der Waals surface area contributed by atoms with Crippen LogP contribution in [0.25, 0.3) is 0 Å². The highest BCUT2D eigenvalue weighted by atomic mass is 32.2. The summed E-state index contributed by atoms with van der Waals surface area (Å²) in [5.74, 6) is -1.37. The van der Waals surface area contributed by atoms with Crippen LogP contribution in [0.3, 0.4) is 0 Å². The molecule has 0 aliphatic rings. The number of esters is 1. The van der Waals surface area contributed by atoms with Crippen LogP contribution in [0.4, 0.5) is 0 Å². The molecule has 0 unspecified atom stereocenters. The molecule has 106 valence electrons. The van der Waals surface area contributed by atoms with Crippen LogP contribution in [-0.4, -0.2) is 20.1 Å². The van der Waals surface area contributed by atoms with Crippen LogP contribution in [0, 0.1) is 6.92 Å². The summed E-state index contributed by atoms with van der Waals surface area (Å²) in [6.07, 6.45) is 0. The van der Waals surface area contributed by atoms with E-state index >= 15 is 0 Å². The topological polar surface area (TPSA) is 60.4 Å². The maximum absolute atomic E-state index is 12.0. The van der Waals surface area contributed by atoms with E-state index in [-0.39, 0.29) is 11.5 Å². The SMILES string of the molecule is Cc1ccc(S(=O)(=O)CC(=O)OCc2cccs2)cc1. The largest absolute Gasteiger partial charge is 0.459 e. The number of hydrogen-bond donors (Lipinski definition) is 0. The van der Waals surface area contributed by atoms with Crippen molar-refractivity contribution >= 4 is 27.1 Å². The first-order valence-corrected chi connectivity index (χ1v) is 8.48. The van der Waals surface area contributed by atoms with Gasteiger partial charge in [0.05, 0.1) is 4.90 Å². The molecule has 6 heteroatoms. The zero-order valence-electron chi connectivity index (χ0n) is 10.9. The Kier molecular flexibility index (Phi) is 4.57. The summed E-state index contributed by atoms with van der Waals surface area (Å²) < 4.78 is 29.0. The molecule has 0 fully saturated rings. The lowest BCUT2D eigenvalue weighted by Gasteiger charge is -2.05. The number of carbonyl (C=O) groups excluding carboxylic acids is 1. The lowest BCUT2D eigenvalue weighted by atomic mass is 10.2. The van der Waals surface area contributed by atoms with Crippen LogP contribution in [0.1, 0.15) is 10.4 Å². The number of carbonyl (C=O) groups is 1. The van der Waals surface area contributed by atoms with E-state index < -0.39 is 21.6 Å². The maximum atomic E-state index is 12.0. The van der Waals surface area contributed by atoms with Crippen molar-refractivity contribution in [2.45, 2.75) is 18.4 Å². The molecule has 0 radical (unpaired) electrons. The summed E-state index contributed by atoms with van der Waals surface area (Å²) in [5.41, 5.74) is 0.962. The van der Waals surface area contributed by atoms with Crippen LogP contribution in [-0.2, 0) is 26.0 Å². The Morgan fingerprint density at radius 2 is 1.90 bits per heavy atom. The van der Waals surface area contributed by atoms with Crippen molar-refractivity contribution in [3.63, 3.8) is 0 Å². The minimum atomic E-state index is -3.64. The molecule has 0 saturated carbocycles. The van der Waals surface area contributed by atoms with Gasteiger partial charge in [0.2, 0.25) is 0 Å². The number of benzene rings is 1. The van der Waals surface area contributed by atoms with E-state index in [1.165, 1.54) is 23.5 Å². The normalized spacial score (nSPS) is 11.2. The molecule has 4 nitrogen and oxygen atoms in total. The van der Waals surface area contributed by atoms with Gasteiger partial charge in [-0.15, -0.1) is 11.3 Å². The third-order valence-electron chi connectivity index (χ3n) is 2.64. The summed E-state index contributed by atoms with van der Waals surface area (Å²) in [5, 5.41) is 1.87. The Labute approximate surface area is 121 Å². The Morgan fingerprint density at radius 1 is 1.20 bits per heavy atom. The van der Waals surface area contributed by atoms with Gasteiger partial charge in [0, 0.05) is 4.88 Å². The smallest absolute Gasteiger partial charge is 0.321 e. The van der Waals surface area contributed by atoms with E-state index in [4.69, 9.17) is 4.74 Å². The van der Waals surface area contributed by atoms with E-state index in [0.29, 0.717) is 0 Å². The van der Waals surface area contributed by atoms with Crippen molar-refractivity contribution in [2.75, 3.05) is 5.75 Å². The first kappa shape index (κ1) is 14.7. The molecule has 0 N–H and O–H groups in total. The Morgan fingerprint density at radius 3 is 2.50 bits per heavy atom. The summed E-state index contributed by atoms with van der Waals surface area (Å²) in [7, 11) is -3.64. The average Bonchev–Trinajstić information content (AvgIpc) is 2.89. The minimum absolute atomic E-state index is 0.111. The summed E-state index contributed by atoms with van der Waals surface area (Å²) >= 11 is 1.45. The fourth-order valence-corrected chi connectivity index (χ4v) is 3.30. The van der Waals surface area contributed by atoms with Crippen LogP contribution in [0.5, 0.6) is 0 Å². The number of aryl methyl sites for hydroxylation is 1. The van der Waals surface area contributed by atoms with Crippen LogP contribution in [0.2, 0.25) is 0 Å². The number of sulfone groups is 1. The highest BCUT2D eigenvalue weighted by Crippen LogP contribution is 2.14. The third-order valence-corrected chi connectivity index (χ3v) is 5.10. The van der Waals surface area contributed by atoms with Gasteiger partial charge in [-0.3, -0.25) is 4.79 Å². The zero-order chi connectivity index (χ0) is 14.6. The second-order valence-corrected chi connectivity index (χ2v) is 7.33. The Hall–Kier alpha value is -1.66. The second kappa shape index (κ2) is 6.19. The summed E-state index contributed by atoms with van der Waals surface area (Å²) in [4.78, 5) is 12.6. The Bertz CT molecular complexity index is 670. The molecule has 2 rings (SSSR count). The molecule has 0 atom stereocenters. The predicted octanol–water partition coefficient (Wildman–Crippen LogP) is 2.57. The average molecular weight is 310 g/mol. The van der Waals surface area contributed by atoms with Gasteiger partial charge in [0.25, 0.3) is 0 Å². The van der Waals surface area contributed by atoms with Crippen molar-refractivity contribution in [1.82, 2.24) is 0 Å². The van der Waals surface area contributed by atoms with Crippen molar-refractivity contribution in [2.24, 2.45) is 0 Å². The molecule has 1 aromatic carbocycles. The van der Waals surface area contributed by atoms with E-state index in [0.717, 1.165) is 10.4 Å². The van der Waals surface area contributed by atoms with Crippen molar-refractivity contribution in [1.29, 1.82) is 0 Å². The molecule has 0 aliphatic heterocycles. The fourth-order valence-electron chi connectivity index (χ4n) is 1.57. The molecule has 1 aromatic heterocycles. The van der Waals surface area contributed by atoms with Crippen LogP contribution < -0.4 is 0 Å². The molecule has 2 aromatic rings. The van der Waals surface area contributed by atoms with Gasteiger partial charge < -0.3 is 4.74 Å². The molecule has 20 heavy (non-hydrogen) atoms. The maximum Gasteiger partial charge on any atom is 0.321 e. The lowest BCUT2D eigenvalue weighted by Crippen LogP contribution is -2.18. The van der Waals surface area contributed by atoms with Crippen molar-refractivity contribution in [3.8, 4) is 0 Å². The number of thiophene rings is 1. The van der Waals surface area contributed by atoms with E-state index in [1.54, 1.807) is 12.1 Å². The minimum Gasteiger partial charge on any atom is -0.459 e. The summed E-state index contributed by atoms with van der Waals surface area (Å²) in [6.45, 7) is 1.98.